The summed E-state index contributed by atoms with van der Waals surface area (Å²) >= 11 is 5.62. The Labute approximate surface area is 93.5 Å². The number of primary amides is 1. The molecule has 0 heterocycles. The van der Waals surface area contributed by atoms with Gasteiger partial charge in [0.25, 0.3) is 0 Å². The first-order valence-corrected chi connectivity index (χ1v) is 4.79. The lowest BCUT2D eigenvalue weighted by Crippen LogP contribution is -2.18. The molecule has 0 aliphatic carbocycles. The molecule has 0 saturated heterocycles. The van der Waals surface area contributed by atoms with Crippen LogP contribution in [0.15, 0.2) is 24.3 Å². The van der Waals surface area contributed by atoms with Gasteiger partial charge in [0.2, 0.25) is 5.90 Å². The minimum Gasteiger partial charge on any atom is -0.391 e. The van der Waals surface area contributed by atoms with Crippen LogP contribution in [0.25, 0.3) is 0 Å². The van der Waals surface area contributed by atoms with E-state index in [-0.39, 0.29) is 5.90 Å². The number of hydrogen-bond acceptors (Lipinski definition) is 3. The molecule has 1 aromatic rings. The normalized spacial score (nSPS) is 8.47. The van der Waals surface area contributed by atoms with Gasteiger partial charge in [-0.2, -0.15) is 0 Å². The minimum atomic E-state index is -1.00. The molecular formula is C10H13ClN2O2. The molecule has 0 atom stereocenters. The van der Waals surface area contributed by atoms with Gasteiger partial charge >= 0.3 is 6.09 Å². The molecule has 0 saturated carbocycles. The van der Waals surface area contributed by atoms with Gasteiger partial charge in [-0.3, -0.25) is 5.41 Å². The van der Waals surface area contributed by atoms with Crippen molar-refractivity contribution < 1.29 is 9.53 Å². The van der Waals surface area contributed by atoms with Gasteiger partial charge in [-0.05, 0) is 24.3 Å². The van der Waals surface area contributed by atoms with Crippen LogP contribution >= 0.6 is 11.6 Å². The molecule has 0 unspecified atom stereocenters. The lowest BCUT2D eigenvalue weighted by atomic mass is 10.2. The molecule has 0 aromatic heterocycles. The third-order valence-electron chi connectivity index (χ3n) is 1.31. The molecule has 15 heavy (non-hydrogen) atoms. The molecular weight excluding hydrogens is 216 g/mol. The molecule has 0 spiro atoms. The van der Waals surface area contributed by atoms with Gasteiger partial charge < -0.3 is 10.5 Å². The number of rotatable bonds is 1. The number of ether oxygens (including phenoxy) is 1. The van der Waals surface area contributed by atoms with Crippen LogP contribution in [0.2, 0.25) is 5.02 Å². The summed E-state index contributed by atoms with van der Waals surface area (Å²) in [6.07, 6.45) is -1.00. The number of carbonyl (C=O) groups is 1. The first-order chi connectivity index (χ1) is 7.09. The molecule has 3 N–H and O–H groups in total. The van der Waals surface area contributed by atoms with Crippen molar-refractivity contribution in [3.8, 4) is 0 Å². The molecule has 0 fully saturated rings. The van der Waals surface area contributed by atoms with Gasteiger partial charge in [0.1, 0.15) is 0 Å². The van der Waals surface area contributed by atoms with Crippen molar-refractivity contribution >= 4 is 23.6 Å². The largest absolute Gasteiger partial charge is 0.411 e. The maximum absolute atomic E-state index is 10.3. The Bertz CT molecular complexity index is 336. The van der Waals surface area contributed by atoms with Crippen molar-refractivity contribution in [1.82, 2.24) is 0 Å². The van der Waals surface area contributed by atoms with Crippen molar-refractivity contribution in [2.45, 2.75) is 13.8 Å². The third kappa shape index (κ3) is 5.02. The fourth-order valence-corrected chi connectivity index (χ4v) is 0.887. The summed E-state index contributed by atoms with van der Waals surface area (Å²) in [5.41, 5.74) is 5.18. The highest BCUT2D eigenvalue weighted by atomic mass is 35.5. The Morgan fingerprint density at radius 1 is 1.33 bits per heavy atom. The molecule has 1 rings (SSSR count). The van der Waals surface area contributed by atoms with Gasteiger partial charge in [-0.15, -0.1) is 0 Å². The summed E-state index contributed by atoms with van der Waals surface area (Å²) in [6.45, 7) is 4.00. The monoisotopic (exact) mass is 228 g/mol. The van der Waals surface area contributed by atoms with Crippen molar-refractivity contribution in [3.63, 3.8) is 0 Å². The quantitative estimate of drug-likeness (QED) is 0.573. The van der Waals surface area contributed by atoms with Crippen LogP contribution in [-0.2, 0) is 4.74 Å². The number of nitrogens with two attached hydrogens (primary N) is 1. The van der Waals surface area contributed by atoms with Gasteiger partial charge in [0.15, 0.2) is 0 Å². The number of benzene rings is 1. The van der Waals surface area contributed by atoms with Gasteiger partial charge in [-0.1, -0.05) is 25.4 Å². The van der Waals surface area contributed by atoms with Crippen LogP contribution in [0, 0.1) is 5.41 Å². The van der Waals surface area contributed by atoms with Crippen molar-refractivity contribution in [2.24, 2.45) is 5.73 Å². The van der Waals surface area contributed by atoms with E-state index in [1.807, 2.05) is 13.8 Å². The zero-order chi connectivity index (χ0) is 11.8. The summed E-state index contributed by atoms with van der Waals surface area (Å²) in [5, 5.41) is 7.82. The van der Waals surface area contributed by atoms with Gasteiger partial charge in [0, 0.05) is 10.6 Å². The topological polar surface area (TPSA) is 76.2 Å². The SMILES string of the molecule is CC.N=C(OC(N)=O)c1ccc(Cl)cc1. The first kappa shape index (κ1) is 13.5. The Morgan fingerprint density at radius 2 is 1.80 bits per heavy atom. The summed E-state index contributed by atoms with van der Waals surface area (Å²) in [5.74, 6) is -0.288. The number of nitrogens with one attached hydrogen (secondary N) is 1. The van der Waals surface area contributed by atoms with Crippen LogP contribution in [0.5, 0.6) is 0 Å². The number of carbonyl (C=O) groups excluding carboxylic acids is 1. The smallest absolute Gasteiger partial charge is 0.391 e. The number of amides is 1. The highest BCUT2D eigenvalue weighted by molar-refractivity contribution is 6.30. The van der Waals surface area contributed by atoms with Crippen LogP contribution in [0.1, 0.15) is 19.4 Å². The van der Waals surface area contributed by atoms with E-state index in [0.29, 0.717) is 10.6 Å². The van der Waals surface area contributed by atoms with Gasteiger partial charge in [0.05, 0.1) is 0 Å². The fourth-order valence-electron chi connectivity index (χ4n) is 0.761. The van der Waals surface area contributed by atoms with Crippen molar-refractivity contribution in [3.05, 3.63) is 34.9 Å². The second-order valence-corrected chi connectivity index (χ2v) is 2.69. The first-order valence-electron chi connectivity index (χ1n) is 4.41. The Hall–Kier alpha value is -1.55. The predicted octanol–water partition coefficient (Wildman–Crippen LogP) is 2.79. The molecule has 1 amide bonds. The van der Waals surface area contributed by atoms with E-state index in [0.717, 1.165) is 0 Å². The zero-order valence-corrected chi connectivity index (χ0v) is 9.34. The second kappa shape index (κ2) is 6.84. The van der Waals surface area contributed by atoms with E-state index >= 15 is 0 Å². The van der Waals surface area contributed by atoms with Crippen LogP contribution in [0.4, 0.5) is 4.79 Å². The third-order valence-corrected chi connectivity index (χ3v) is 1.56. The lowest BCUT2D eigenvalue weighted by Gasteiger charge is -2.01. The zero-order valence-electron chi connectivity index (χ0n) is 8.58. The highest BCUT2D eigenvalue weighted by Gasteiger charge is 2.04. The van der Waals surface area contributed by atoms with Crippen molar-refractivity contribution in [2.75, 3.05) is 0 Å². The van der Waals surface area contributed by atoms with E-state index in [2.05, 4.69) is 4.74 Å². The standard InChI is InChI=1S/C8H7ClN2O2.C2H6/c9-6-3-1-5(2-4-6)7(10)13-8(11)12;1-2/h1-4,10H,(H2,11,12);1-2H3. The van der Waals surface area contributed by atoms with Crippen LogP contribution in [0.3, 0.4) is 0 Å². The van der Waals surface area contributed by atoms with E-state index in [4.69, 9.17) is 22.7 Å². The van der Waals surface area contributed by atoms with E-state index in [1.54, 1.807) is 24.3 Å². The molecule has 82 valence electrons. The molecule has 5 heteroatoms. The highest BCUT2D eigenvalue weighted by Crippen LogP contribution is 2.10. The summed E-state index contributed by atoms with van der Waals surface area (Å²) in [6, 6.07) is 6.31. The Morgan fingerprint density at radius 3 is 2.20 bits per heavy atom. The molecule has 0 aliphatic rings. The minimum absolute atomic E-state index is 0.288. The lowest BCUT2D eigenvalue weighted by molar-refractivity contribution is 0.208. The predicted molar refractivity (Wildman–Crippen MR) is 60.3 cm³/mol. The molecule has 0 bridgehead atoms. The Kier molecular flexibility index (Phi) is 6.13. The van der Waals surface area contributed by atoms with E-state index in [9.17, 15) is 4.79 Å². The fraction of sp³-hybridized carbons (Fsp3) is 0.200. The van der Waals surface area contributed by atoms with Gasteiger partial charge in [-0.25, -0.2) is 4.79 Å². The summed E-state index contributed by atoms with van der Waals surface area (Å²) < 4.78 is 4.36. The average Bonchev–Trinajstić information content (AvgIpc) is 2.20. The molecule has 0 aliphatic heterocycles. The molecule has 0 radical (unpaired) electrons. The van der Waals surface area contributed by atoms with E-state index in [1.165, 1.54) is 0 Å². The molecule has 4 nitrogen and oxygen atoms in total. The summed E-state index contributed by atoms with van der Waals surface area (Å²) in [4.78, 5) is 10.3. The molecule has 1 aromatic carbocycles. The number of hydrogen-bond donors (Lipinski definition) is 2. The maximum Gasteiger partial charge on any atom is 0.411 e. The number of halogens is 1. The Balaban J connectivity index is 0.000000921. The maximum atomic E-state index is 10.3. The average molecular weight is 229 g/mol. The van der Waals surface area contributed by atoms with Crippen molar-refractivity contribution in [1.29, 1.82) is 5.41 Å². The second-order valence-electron chi connectivity index (χ2n) is 2.26. The summed E-state index contributed by atoms with van der Waals surface area (Å²) in [7, 11) is 0. The van der Waals surface area contributed by atoms with Crippen LogP contribution in [-0.4, -0.2) is 12.0 Å². The van der Waals surface area contributed by atoms with E-state index < -0.39 is 6.09 Å². The van der Waals surface area contributed by atoms with Crippen LogP contribution < -0.4 is 5.73 Å².